The van der Waals surface area contributed by atoms with Crippen LogP contribution in [0.1, 0.15) is 128 Å². The summed E-state index contributed by atoms with van der Waals surface area (Å²) in [5.74, 6) is -15.6. The number of hydrogen-bond acceptors (Lipinski definition) is 27. The van der Waals surface area contributed by atoms with Gasteiger partial charge in [0.25, 0.3) is 0 Å². The quantitative estimate of drug-likeness (QED) is 0.0158. The molecule has 40 heteroatoms. The first kappa shape index (κ1) is 85.4. The van der Waals surface area contributed by atoms with Crippen molar-refractivity contribution in [3.05, 3.63) is 0 Å². The zero-order valence-corrected chi connectivity index (χ0v) is 59.1. The molecule has 17 atom stereocenters. The lowest BCUT2D eigenvalue weighted by molar-refractivity contribution is -0.333. The van der Waals surface area contributed by atoms with Crippen LogP contribution < -0.4 is 59.3 Å². The lowest BCUT2D eigenvalue weighted by atomic mass is 9.93. The van der Waals surface area contributed by atoms with E-state index in [1.165, 1.54) is 27.7 Å². The van der Waals surface area contributed by atoms with E-state index in [-0.39, 0.29) is 41.7 Å². The molecule has 0 spiro atoms. The molecule has 0 saturated carbocycles. The molecule has 0 bridgehead atoms. The summed E-state index contributed by atoms with van der Waals surface area (Å²) in [5.41, 5.74) is 10.7. The van der Waals surface area contributed by atoms with Crippen molar-refractivity contribution in [2.45, 2.75) is 232 Å². The van der Waals surface area contributed by atoms with Gasteiger partial charge in [-0.2, -0.15) is 0 Å². The molecule has 3 aliphatic rings. The minimum absolute atomic E-state index is 0.0166. The molecule has 14 N–H and O–H groups in total. The molecule has 3 fully saturated rings. The Hall–Kier alpha value is -8.86. The van der Waals surface area contributed by atoms with E-state index in [1.54, 1.807) is 13.8 Å². The Morgan fingerprint density at radius 3 is 1.55 bits per heavy atom. The van der Waals surface area contributed by atoms with Gasteiger partial charge in [0.1, 0.15) is 79.9 Å². The van der Waals surface area contributed by atoms with Crippen molar-refractivity contribution in [1.29, 1.82) is 0 Å². The highest BCUT2D eigenvalue weighted by molar-refractivity contribution is 7.80. The van der Waals surface area contributed by atoms with Crippen molar-refractivity contribution in [2.75, 3.05) is 32.8 Å². The third kappa shape index (κ3) is 28.8. The van der Waals surface area contributed by atoms with Gasteiger partial charge in [0.2, 0.25) is 59.1 Å². The van der Waals surface area contributed by atoms with E-state index in [2.05, 4.69) is 47.9 Å². The summed E-state index contributed by atoms with van der Waals surface area (Å²) in [7, 11) is 0. The molecule has 3 saturated heterocycles. The monoisotopic (exact) mass is 1460 g/mol. The second-order valence-corrected chi connectivity index (χ2v) is 25.3. The molecule has 0 aromatic heterocycles. The van der Waals surface area contributed by atoms with E-state index in [0.717, 1.165) is 46.4 Å². The van der Waals surface area contributed by atoms with Gasteiger partial charge in [0.05, 0.1) is 29.2 Å². The van der Waals surface area contributed by atoms with Gasteiger partial charge in [-0.15, -0.1) is 0 Å². The maximum Gasteiger partial charge on any atom is 0.303 e. The first-order valence-electron chi connectivity index (χ1n) is 31.8. The van der Waals surface area contributed by atoms with Crippen molar-refractivity contribution in [3.8, 4) is 0 Å². The summed E-state index contributed by atoms with van der Waals surface area (Å²) in [5, 5.41) is 32.1. The van der Waals surface area contributed by atoms with E-state index < -0.39 is 244 Å². The number of carboxylic acids is 1. The standard InChI is InChI=1S/C60H92N12O26S2/c1-25(2)20-38(70-55(86)37(66-28(5)73)16-18-45(82)83)56(87)65-26(3)53(84)71-46(58(89)69-36(15-17-42(61)79)54(85)64-22-44(81)72-19-13-14-39(72)57(88)63-21-43(62)80)27(4)92-59-48(68-30(7)100)52(50(94-34(11)77)41(96-59)24-91-32(9)75)98-60-47(67-29(6)99)51(95-35(12)78)49(93-33(10)76)40(97-60)23-90-31(8)74/h25-27,36-41,46-52,59-60H,13-24H2,1-12H3,(H2,61,79)(H2,62,80)(H,63,88)(H,64,85)(H,65,87)(H,66,73)(H,67,99)(H,68,100)(H,69,89)(H,70,86)(H,71,84)(H,82,83)/t26-,27+,36-,37-,38-,39-,40+,41+,46-,47+,48+,49-,50-,51+,52+,59-,60+/m0/s1. The van der Waals surface area contributed by atoms with Crippen LogP contribution in [0.25, 0.3) is 0 Å². The van der Waals surface area contributed by atoms with E-state index >= 15 is 4.79 Å². The molecular formula is C60H92N12O26S2. The molecule has 10 amide bonds. The predicted molar refractivity (Wildman–Crippen MR) is 349 cm³/mol. The highest BCUT2D eigenvalue weighted by Crippen LogP contribution is 2.35. The summed E-state index contributed by atoms with van der Waals surface area (Å²) in [4.78, 5) is 210. The number of esters is 5. The second-order valence-electron chi connectivity index (χ2n) is 24.1. The number of nitrogens with zero attached hydrogens (tertiary/aromatic N) is 1. The number of rotatable bonds is 37. The van der Waals surface area contributed by atoms with Crippen LogP contribution in [0.15, 0.2) is 0 Å². The van der Waals surface area contributed by atoms with Crippen LogP contribution in [0, 0.1) is 5.92 Å². The fraction of sp³-hybridized carbons (Fsp3) is 0.700. The number of likely N-dealkylation sites (tertiary alicyclic amines) is 1. The smallest absolute Gasteiger partial charge is 0.303 e. The maximum absolute atomic E-state index is 15.2. The van der Waals surface area contributed by atoms with Crippen LogP contribution in [-0.4, -0.2) is 251 Å². The molecule has 38 nitrogen and oxygen atoms in total. The van der Waals surface area contributed by atoms with Crippen molar-refractivity contribution in [3.63, 3.8) is 0 Å². The number of thiocarbonyl (C=S) groups is 2. The van der Waals surface area contributed by atoms with Crippen LogP contribution in [0.4, 0.5) is 0 Å². The molecule has 3 heterocycles. The normalized spacial score (nSPS) is 23.4. The first-order valence-corrected chi connectivity index (χ1v) is 32.6. The maximum atomic E-state index is 15.2. The first-order chi connectivity index (χ1) is 46.7. The molecule has 560 valence electrons. The van der Waals surface area contributed by atoms with Gasteiger partial charge in [0.15, 0.2) is 30.9 Å². The van der Waals surface area contributed by atoms with E-state index in [9.17, 15) is 77.0 Å². The highest BCUT2D eigenvalue weighted by atomic mass is 32.1. The van der Waals surface area contributed by atoms with Crippen LogP contribution >= 0.6 is 24.4 Å². The van der Waals surface area contributed by atoms with Crippen molar-refractivity contribution in [2.24, 2.45) is 17.4 Å². The number of carboxylic acid groups (broad SMARTS) is 1. The topological polar surface area (TPSA) is 540 Å². The molecular weight excluding hydrogens is 1370 g/mol. The summed E-state index contributed by atoms with van der Waals surface area (Å²) in [6.45, 7) is 12.1. The van der Waals surface area contributed by atoms with Crippen molar-refractivity contribution >= 4 is 129 Å². The largest absolute Gasteiger partial charge is 0.481 e. The number of nitrogens with two attached hydrogens (primary N) is 2. The molecule has 3 rings (SSSR count). The molecule has 3 aliphatic heterocycles. The van der Waals surface area contributed by atoms with E-state index in [1.807, 2.05) is 0 Å². The lowest BCUT2D eigenvalue weighted by Gasteiger charge is -2.50. The predicted octanol–water partition coefficient (Wildman–Crippen LogP) is -4.89. The zero-order chi connectivity index (χ0) is 75.6. The van der Waals surface area contributed by atoms with Gasteiger partial charge in [-0.25, -0.2) is 0 Å². The van der Waals surface area contributed by atoms with Gasteiger partial charge in [-0.1, -0.05) is 38.3 Å². The Balaban J connectivity index is 2.31. The summed E-state index contributed by atoms with van der Waals surface area (Å²) < 4.78 is 54.2. The molecule has 0 aromatic carbocycles. The van der Waals surface area contributed by atoms with Crippen molar-refractivity contribution in [1.82, 2.24) is 52.8 Å². The zero-order valence-electron chi connectivity index (χ0n) is 57.4. The Bertz CT molecular complexity index is 3040. The number of nitrogens with one attached hydrogen (secondary N) is 9. The molecule has 100 heavy (non-hydrogen) atoms. The fourth-order valence-electron chi connectivity index (χ4n) is 10.7. The van der Waals surface area contributed by atoms with Crippen LogP contribution in [-0.2, 0) is 119 Å². The van der Waals surface area contributed by atoms with Crippen molar-refractivity contribution < 1.29 is 124 Å². The number of amides is 10. The van der Waals surface area contributed by atoms with E-state index in [0.29, 0.717) is 6.42 Å². The Morgan fingerprint density at radius 2 is 1.05 bits per heavy atom. The van der Waals surface area contributed by atoms with Crippen LogP contribution in [0.3, 0.4) is 0 Å². The fourth-order valence-corrected chi connectivity index (χ4v) is 11.0. The Morgan fingerprint density at radius 1 is 0.550 bits per heavy atom. The minimum Gasteiger partial charge on any atom is -0.481 e. The summed E-state index contributed by atoms with van der Waals surface area (Å²) in [6.07, 6.45) is -16.9. The molecule has 0 unspecified atom stereocenters. The number of primary amides is 2. The number of hydrogen-bond donors (Lipinski definition) is 12. The van der Waals surface area contributed by atoms with Gasteiger partial charge >= 0.3 is 35.8 Å². The minimum atomic E-state index is -2.08. The molecule has 0 aliphatic carbocycles. The summed E-state index contributed by atoms with van der Waals surface area (Å²) >= 11 is 11.0. The van der Waals surface area contributed by atoms with Crippen LogP contribution in [0.5, 0.6) is 0 Å². The second kappa shape index (κ2) is 41.0. The third-order valence-corrected chi connectivity index (χ3v) is 15.2. The van der Waals surface area contributed by atoms with Crippen LogP contribution in [0.2, 0.25) is 0 Å². The van der Waals surface area contributed by atoms with Gasteiger partial charge < -0.3 is 112 Å². The number of carbonyl (C=O) groups is 16. The number of aliphatic carboxylic acids is 1. The summed E-state index contributed by atoms with van der Waals surface area (Å²) in [6, 6.07) is -12.6. The number of carbonyl (C=O) groups excluding carboxylic acids is 15. The SMILES string of the molecule is CC(=O)N[C@@H](CCC(=O)O)C(=O)N[C@@H](CC(C)C)C(=O)N[C@@H](C)C(=O)N[C@H](C(=O)N[C@@H](CCC(N)=O)C(=O)NCC(=O)N1CCC[C@H]1C(=O)NCC(N)=O)[C@@H](C)O[C@H]1O[C@H](COC(C)=O)[C@H](OC(C)=O)[C@H](O[C@H]2O[C@H](COC(C)=O)[C@H](OC(C)=O)[C@H](OC(C)=O)[C@H]2NC(C)=S)[C@H]1NC(C)=S. The molecule has 0 aromatic rings. The average molecular weight is 1460 g/mol. The van der Waals surface area contributed by atoms with Gasteiger partial charge in [-0.05, 0) is 65.7 Å². The average Bonchev–Trinajstić information content (AvgIpc) is 0.875. The van der Waals surface area contributed by atoms with Gasteiger partial charge in [-0.3, -0.25) is 76.7 Å². The van der Waals surface area contributed by atoms with Gasteiger partial charge in [0, 0.05) is 60.9 Å². The number of ether oxygens (including phenoxy) is 9. The van der Waals surface area contributed by atoms with E-state index in [4.69, 9.17) is 78.5 Å². The molecule has 0 radical (unpaired) electrons. The lowest BCUT2D eigenvalue weighted by Crippen LogP contribution is -2.71. The Labute approximate surface area is 586 Å². The third-order valence-electron chi connectivity index (χ3n) is 15.0. The highest BCUT2D eigenvalue weighted by Gasteiger charge is 2.57. The Kier molecular flexibility index (Phi) is 35.0.